The maximum Gasteiger partial charge on any atom is 0.303 e. The normalized spacial score (nSPS) is 15.0. The van der Waals surface area contributed by atoms with Crippen LogP contribution in [0, 0.1) is 0 Å². The van der Waals surface area contributed by atoms with Crippen LogP contribution in [0.5, 0.6) is 0 Å². The molecule has 0 unspecified atom stereocenters. The molecule has 0 saturated heterocycles. The number of allylic oxidation sites excluding steroid dienone is 5. The first-order valence-corrected chi connectivity index (χ1v) is 23.4. The van der Waals surface area contributed by atoms with Crippen LogP contribution in [-0.2, 0) is 51.8 Å². The maximum absolute atomic E-state index is 12.1. The maximum atomic E-state index is 12.1. The van der Waals surface area contributed by atoms with Crippen LogP contribution < -0.4 is 10.6 Å². The number of fused-ring (bicyclic) bond motifs is 2. The summed E-state index contributed by atoms with van der Waals surface area (Å²) in [6.45, 7) is 4.81. The van der Waals surface area contributed by atoms with E-state index in [4.69, 9.17) is 5.11 Å². The summed E-state index contributed by atoms with van der Waals surface area (Å²) < 4.78 is 135. The highest BCUT2D eigenvalue weighted by atomic mass is 32.2. The number of carbonyl (C=O) groups is 1. The van der Waals surface area contributed by atoms with E-state index in [9.17, 15) is 56.7 Å². The molecule has 1 aromatic heterocycles. The van der Waals surface area contributed by atoms with Gasteiger partial charge < -0.3 is 9.67 Å². The molecule has 304 valence electrons. The molecule has 0 aliphatic carbocycles. The van der Waals surface area contributed by atoms with Gasteiger partial charge in [-0.25, -0.2) is 0 Å². The lowest BCUT2D eigenvalue weighted by atomic mass is 10.0. The minimum atomic E-state index is -4.62. The van der Waals surface area contributed by atoms with Crippen LogP contribution >= 0.6 is 0 Å². The van der Waals surface area contributed by atoms with Crippen LogP contribution in [-0.4, -0.2) is 95.9 Å². The van der Waals surface area contributed by atoms with E-state index in [-0.39, 0.29) is 43.5 Å². The predicted molar refractivity (Wildman–Crippen MR) is 211 cm³/mol. The van der Waals surface area contributed by atoms with Gasteiger partial charge in [0.15, 0.2) is 0 Å². The molecule has 5 N–H and O–H groups in total. The third kappa shape index (κ3) is 12.4. The zero-order valence-corrected chi connectivity index (χ0v) is 33.3. The van der Waals surface area contributed by atoms with E-state index in [2.05, 4.69) is 6.58 Å². The third-order valence-electron chi connectivity index (χ3n) is 8.89. The fourth-order valence-electron chi connectivity index (χ4n) is 6.34. The Labute approximate surface area is 325 Å². The zero-order chi connectivity index (χ0) is 41.5. The minimum Gasteiger partial charge on any atom is -0.481 e. The van der Waals surface area contributed by atoms with Gasteiger partial charge in [-0.3, -0.25) is 23.0 Å². The van der Waals surface area contributed by atoms with Crippen molar-refractivity contribution in [1.82, 2.24) is 4.57 Å². The lowest BCUT2D eigenvalue weighted by Crippen LogP contribution is -2.29. The standard InChI is InChI=1S/C36H42N2O14S4/c1-26-30-24-27(55(47,48)49)16-18-34(30)37(20-8-3-6-15-36(39)40)32(26)13-4-2-5-14-33-29(12-7-10-22-53(41,42)43)31-25-28(56(50,51)52)17-19-35(31)38(33)21-9-11-23-54(44,45)46/h2,4-5,12-14,16-19,24-25H,1,3,6-11,15,20-23H2,(H4-,39,40,41,42,43,44,45,46,47,48,49,50,51,52)/p+1/b29-12+. The van der Waals surface area contributed by atoms with Gasteiger partial charge in [-0.05, 0) is 74.9 Å². The highest BCUT2D eigenvalue weighted by Gasteiger charge is 2.33. The van der Waals surface area contributed by atoms with Crippen molar-refractivity contribution < 1.29 is 66.4 Å². The number of aryl methyl sites for hydroxylation is 1. The molecule has 16 nitrogen and oxygen atoms in total. The number of hydrogen-bond acceptors (Lipinski definition) is 9. The fraction of sp³-hybridized carbons (Fsp3) is 0.333. The Morgan fingerprint density at radius 3 is 2.04 bits per heavy atom. The molecule has 0 radical (unpaired) electrons. The van der Waals surface area contributed by atoms with E-state index in [1.807, 2.05) is 4.58 Å². The predicted octanol–water partition coefficient (Wildman–Crippen LogP) is 3.60. The fourth-order valence-corrected chi connectivity index (χ4v) is 8.45. The number of aromatic nitrogens is 1. The zero-order valence-electron chi connectivity index (χ0n) is 30.1. The number of benzene rings is 2. The Bertz CT molecular complexity index is 2690. The first-order chi connectivity index (χ1) is 26.1. The largest absolute Gasteiger partial charge is 0.481 e. The van der Waals surface area contributed by atoms with Gasteiger partial charge in [-0.15, -0.1) is 0 Å². The second-order valence-corrected chi connectivity index (χ2v) is 19.0. The van der Waals surface area contributed by atoms with E-state index in [1.54, 1.807) is 47.1 Å². The first-order valence-electron chi connectivity index (χ1n) is 17.3. The number of nitrogens with zero attached hydrogens (tertiary/aromatic N) is 2. The average molecular weight is 856 g/mol. The Morgan fingerprint density at radius 2 is 1.39 bits per heavy atom. The molecule has 0 saturated carbocycles. The number of carboxylic acids is 1. The molecular weight excluding hydrogens is 813 g/mol. The number of aliphatic carboxylic acids is 1. The summed E-state index contributed by atoms with van der Waals surface area (Å²) in [5, 5.41) is 10.4. The van der Waals surface area contributed by atoms with Crippen molar-refractivity contribution in [2.24, 2.45) is 0 Å². The summed E-state index contributed by atoms with van der Waals surface area (Å²) in [6.07, 6.45) is 12.4. The smallest absolute Gasteiger partial charge is 0.303 e. The molecule has 56 heavy (non-hydrogen) atoms. The van der Waals surface area contributed by atoms with E-state index >= 15 is 0 Å². The Balaban J connectivity index is 1.79. The van der Waals surface area contributed by atoms with Gasteiger partial charge in [-0.1, -0.05) is 30.9 Å². The molecule has 20 heteroatoms. The molecule has 3 aromatic rings. The van der Waals surface area contributed by atoms with Crippen molar-refractivity contribution in [2.75, 3.05) is 18.1 Å². The van der Waals surface area contributed by atoms with Crippen LogP contribution in [0.25, 0.3) is 28.6 Å². The third-order valence-corrected chi connectivity index (χ3v) is 12.2. The van der Waals surface area contributed by atoms with Crippen LogP contribution in [0.3, 0.4) is 0 Å². The average Bonchev–Trinajstić information content (AvgIpc) is 3.52. The van der Waals surface area contributed by atoms with Crippen LogP contribution in [0.15, 0.2) is 77.1 Å². The molecule has 0 amide bonds. The summed E-state index contributed by atoms with van der Waals surface area (Å²) in [7, 11) is -17.6. The summed E-state index contributed by atoms with van der Waals surface area (Å²) >= 11 is 0. The lowest BCUT2D eigenvalue weighted by molar-refractivity contribution is -0.436. The number of carboxylic acid groups (broad SMARTS) is 1. The summed E-state index contributed by atoms with van der Waals surface area (Å²) in [6, 6.07) is 8.10. The molecular formula is C36H43N2O14S4+. The van der Waals surface area contributed by atoms with Crippen LogP contribution in [0.2, 0.25) is 0 Å². The molecule has 0 fully saturated rings. The molecule has 1 aliphatic rings. The summed E-state index contributed by atoms with van der Waals surface area (Å²) in [5.74, 6) is -1.91. The monoisotopic (exact) mass is 855 g/mol. The van der Waals surface area contributed by atoms with Crippen molar-refractivity contribution in [3.63, 3.8) is 0 Å². The van der Waals surface area contributed by atoms with Gasteiger partial charge in [0.25, 0.3) is 40.5 Å². The van der Waals surface area contributed by atoms with Crippen molar-refractivity contribution in [1.29, 1.82) is 0 Å². The van der Waals surface area contributed by atoms with Crippen molar-refractivity contribution >= 4 is 86.5 Å². The second kappa shape index (κ2) is 18.3. The van der Waals surface area contributed by atoms with Gasteiger partial charge in [-0.2, -0.15) is 38.2 Å². The van der Waals surface area contributed by atoms with Crippen molar-refractivity contribution in [3.05, 3.63) is 83.4 Å². The minimum absolute atomic E-state index is 0.0219. The van der Waals surface area contributed by atoms with E-state index in [1.165, 1.54) is 30.3 Å². The lowest BCUT2D eigenvalue weighted by Gasteiger charge is -2.06. The van der Waals surface area contributed by atoms with Gasteiger partial charge in [0, 0.05) is 53.0 Å². The molecule has 2 aromatic carbocycles. The molecule has 0 atom stereocenters. The summed E-state index contributed by atoms with van der Waals surface area (Å²) in [4.78, 5) is 10.3. The van der Waals surface area contributed by atoms with Crippen molar-refractivity contribution in [2.45, 2.75) is 67.7 Å². The molecule has 4 rings (SSSR count). The molecule has 0 bridgehead atoms. The molecule has 1 aliphatic heterocycles. The molecule has 2 heterocycles. The highest BCUT2D eigenvalue weighted by molar-refractivity contribution is 7.86. The topological polar surface area (TPSA) is 263 Å². The van der Waals surface area contributed by atoms with E-state index in [0.717, 1.165) is 0 Å². The number of rotatable bonds is 20. The first kappa shape index (κ1) is 44.4. The van der Waals surface area contributed by atoms with Crippen LogP contribution in [0.4, 0.5) is 5.69 Å². The van der Waals surface area contributed by atoms with E-state index < -0.39 is 62.8 Å². The number of hydrogen-bond donors (Lipinski definition) is 5. The van der Waals surface area contributed by atoms with Gasteiger partial charge in [0.2, 0.25) is 11.4 Å². The van der Waals surface area contributed by atoms with Gasteiger partial charge >= 0.3 is 5.97 Å². The SMILES string of the molecule is C=C1C(C=CC=CC=c2/c(=C/CCCS(=O)(=O)O)c3cc(S(=O)(=O)O)ccc3n2CCCCS(=O)(=O)O)=[N+](CCCCCC(=O)O)c2ccc(S(=O)(=O)O)cc21. The van der Waals surface area contributed by atoms with Crippen LogP contribution in [0.1, 0.15) is 56.9 Å². The quantitative estimate of drug-likeness (QED) is 0.0471. The summed E-state index contributed by atoms with van der Waals surface area (Å²) in [5.41, 5.74) is 2.74. The van der Waals surface area contributed by atoms with Gasteiger partial charge in [0.05, 0.1) is 32.4 Å². The van der Waals surface area contributed by atoms with Gasteiger partial charge in [0.1, 0.15) is 6.54 Å². The second-order valence-electron chi connectivity index (χ2n) is 13.0. The van der Waals surface area contributed by atoms with E-state index in [0.29, 0.717) is 69.8 Å². The molecule has 0 spiro atoms. The Morgan fingerprint density at radius 1 is 0.750 bits per heavy atom. The highest BCUT2D eigenvalue weighted by Crippen LogP contribution is 2.36. The Hall–Kier alpha value is -4.28. The Kier molecular flexibility index (Phi) is 14.5. The van der Waals surface area contributed by atoms with Crippen molar-refractivity contribution in [3.8, 4) is 0 Å². The number of unbranched alkanes of at least 4 members (excludes halogenated alkanes) is 4.